The lowest BCUT2D eigenvalue weighted by Gasteiger charge is -2.18. The molecule has 1 amide bonds. The summed E-state index contributed by atoms with van der Waals surface area (Å²) in [7, 11) is 0. The van der Waals surface area contributed by atoms with Crippen molar-refractivity contribution in [2.75, 3.05) is 13.1 Å². The standard InChI is InChI=1S/C17H19FN2O3/c1-11(21)14-8-20(15-7-12(22)3-4-13(14)15)9-16(23)19-6-5-17(2,18)10-19/h3-4,7-8,22H,5-6,9-10H2,1-2H3. The van der Waals surface area contributed by atoms with Crippen LogP contribution in [0.1, 0.15) is 30.6 Å². The van der Waals surface area contributed by atoms with Crippen LogP contribution in [0.15, 0.2) is 24.4 Å². The maximum absolute atomic E-state index is 13.9. The van der Waals surface area contributed by atoms with E-state index < -0.39 is 5.67 Å². The summed E-state index contributed by atoms with van der Waals surface area (Å²) in [5.74, 6) is -0.233. The zero-order valence-corrected chi connectivity index (χ0v) is 13.2. The highest BCUT2D eigenvalue weighted by Gasteiger charge is 2.35. The molecule has 1 atom stereocenters. The Morgan fingerprint density at radius 2 is 2.13 bits per heavy atom. The van der Waals surface area contributed by atoms with Gasteiger partial charge in [0, 0.05) is 36.2 Å². The molecule has 0 aliphatic carbocycles. The maximum atomic E-state index is 13.9. The second kappa shape index (κ2) is 5.37. The number of rotatable bonds is 3. The van der Waals surface area contributed by atoms with Gasteiger partial charge >= 0.3 is 0 Å². The van der Waals surface area contributed by atoms with Gasteiger partial charge in [0.1, 0.15) is 18.0 Å². The van der Waals surface area contributed by atoms with Crippen LogP contribution >= 0.6 is 0 Å². The number of alkyl halides is 1. The number of carbonyl (C=O) groups excluding carboxylic acids is 2. The van der Waals surface area contributed by atoms with Crippen molar-refractivity contribution in [3.05, 3.63) is 30.0 Å². The molecule has 1 saturated heterocycles. The fourth-order valence-corrected chi connectivity index (χ4v) is 3.07. The predicted molar refractivity (Wildman–Crippen MR) is 84.3 cm³/mol. The molecule has 1 N–H and O–H groups in total. The van der Waals surface area contributed by atoms with Crippen molar-refractivity contribution in [3.8, 4) is 5.75 Å². The molecular weight excluding hydrogens is 299 g/mol. The van der Waals surface area contributed by atoms with Gasteiger partial charge in [-0.1, -0.05) is 0 Å². The number of benzene rings is 1. The number of carbonyl (C=O) groups is 2. The van der Waals surface area contributed by atoms with E-state index in [0.717, 1.165) is 0 Å². The average molecular weight is 318 g/mol. The molecule has 1 aromatic carbocycles. The van der Waals surface area contributed by atoms with E-state index in [-0.39, 0.29) is 30.5 Å². The smallest absolute Gasteiger partial charge is 0.242 e. The Hall–Kier alpha value is -2.37. The van der Waals surface area contributed by atoms with Crippen LogP contribution in [-0.2, 0) is 11.3 Å². The number of nitrogens with zero attached hydrogens (tertiary/aromatic N) is 2. The predicted octanol–water partition coefficient (Wildman–Crippen LogP) is 2.51. The Labute approximate surface area is 133 Å². The topological polar surface area (TPSA) is 62.5 Å². The van der Waals surface area contributed by atoms with Crippen LogP contribution in [-0.4, -0.2) is 45.0 Å². The summed E-state index contributed by atoms with van der Waals surface area (Å²) in [6.45, 7) is 3.47. The molecule has 2 aromatic rings. The van der Waals surface area contributed by atoms with Gasteiger partial charge in [0.2, 0.25) is 5.91 Å². The monoisotopic (exact) mass is 318 g/mol. The number of fused-ring (bicyclic) bond motifs is 1. The van der Waals surface area contributed by atoms with Crippen molar-refractivity contribution in [1.29, 1.82) is 0 Å². The van der Waals surface area contributed by atoms with E-state index in [4.69, 9.17) is 0 Å². The van der Waals surface area contributed by atoms with Crippen LogP contribution in [0.5, 0.6) is 5.75 Å². The summed E-state index contributed by atoms with van der Waals surface area (Å²) >= 11 is 0. The number of phenolic OH excluding ortho intramolecular Hbond substituents is 1. The Morgan fingerprint density at radius 1 is 1.39 bits per heavy atom. The third-order valence-corrected chi connectivity index (χ3v) is 4.33. The summed E-state index contributed by atoms with van der Waals surface area (Å²) in [5.41, 5.74) is -0.215. The minimum atomic E-state index is -1.34. The SMILES string of the molecule is CC(=O)c1cn(CC(=O)N2CCC(C)(F)C2)c2cc(O)ccc12. The molecular formula is C17H19FN2O3. The number of halogens is 1. The molecule has 5 nitrogen and oxygen atoms in total. The third kappa shape index (κ3) is 2.93. The molecule has 122 valence electrons. The van der Waals surface area contributed by atoms with E-state index in [1.165, 1.54) is 30.9 Å². The van der Waals surface area contributed by atoms with Crippen molar-refractivity contribution < 1.29 is 19.1 Å². The number of amides is 1. The number of hydrogen-bond acceptors (Lipinski definition) is 3. The molecule has 0 bridgehead atoms. The van der Waals surface area contributed by atoms with E-state index >= 15 is 0 Å². The zero-order valence-electron chi connectivity index (χ0n) is 13.2. The average Bonchev–Trinajstić information content (AvgIpc) is 2.99. The molecule has 1 fully saturated rings. The first-order valence-electron chi connectivity index (χ1n) is 7.56. The number of aromatic hydroxyl groups is 1. The number of Topliss-reactive ketones (excluding diaryl/α,β-unsaturated/α-hetero) is 1. The van der Waals surface area contributed by atoms with Crippen LogP contribution in [0.4, 0.5) is 4.39 Å². The Kier molecular flexibility index (Phi) is 3.62. The minimum absolute atomic E-state index is 0.0172. The summed E-state index contributed by atoms with van der Waals surface area (Å²) in [6.07, 6.45) is 1.96. The van der Waals surface area contributed by atoms with Gasteiger partial charge in [-0.3, -0.25) is 9.59 Å². The Morgan fingerprint density at radius 3 is 2.74 bits per heavy atom. The Balaban J connectivity index is 1.92. The van der Waals surface area contributed by atoms with Crippen LogP contribution in [0.3, 0.4) is 0 Å². The van der Waals surface area contributed by atoms with Gasteiger partial charge in [-0.05, 0) is 26.0 Å². The summed E-state index contributed by atoms with van der Waals surface area (Å²) in [4.78, 5) is 25.7. The van der Waals surface area contributed by atoms with Gasteiger partial charge in [0.25, 0.3) is 0 Å². The molecule has 1 aromatic heterocycles. The molecule has 1 aliphatic rings. The lowest BCUT2D eigenvalue weighted by Crippen LogP contribution is -2.34. The van der Waals surface area contributed by atoms with Crippen molar-refractivity contribution in [2.24, 2.45) is 0 Å². The number of phenols is 1. The number of likely N-dealkylation sites (tertiary alicyclic amines) is 1. The molecule has 0 radical (unpaired) electrons. The molecule has 3 rings (SSSR count). The third-order valence-electron chi connectivity index (χ3n) is 4.33. The Bertz CT molecular complexity index is 794. The normalized spacial score (nSPS) is 21.1. The second-order valence-corrected chi connectivity index (χ2v) is 6.41. The van der Waals surface area contributed by atoms with Crippen LogP contribution in [0.25, 0.3) is 10.9 Å². The highest BCUT2D eigenvalue weighted by atomic mass is 19.1. The van der Waals surface area contributed by atoms with E-state index in [1.807, 2.05) is 0 Å². The van der Waals surface area contributed by atoms with Crippen molar-refractivity contribution >= 4 is 22.6 Å². The second-order valence-electron chi connectivity index (χ2n) is 6.41. The lowest BCUT2D eigenvalue weighted by molar-refractivity contribution is -0.131. The first-order valence-corrected chi connectivity index (χ1v) is 7.56. The van der Waals surface area contributed by atoms with Crippen molar-refractivity contribution in [1.82, 2.24) is 9.47 Å². The number of hydrogen-bond donors (Lipinski definition) is 1. The largest absolute Gasteiger partial charge is 0.508 e. The molecule has 2 heterocycles. The van der Waals surface area contributed by atoms with Crippen LogP contribution in [0.2, 0.25) is 0 Å². The van der Waals surface area contributed by atoms with E-state index in [2.05, 4.69) is 0 Å². The van der Waals surface area contributed by atoms with Gasteiger partial charge in [-0.25, -0.2) is 4.39 Å². The van der Waals surface area contributed by atoms with Gasteiger partial charge in [0.15, 0.2) is 5.78 Å². The molecule has 0 spiro atoms. The maximum Gasteiger partial charge on any atom is 0.242 e. The van der Waals surface area contributed by atoms with Crippen LogP contribution < -0.4 is 0 Å². The van der Waals surface area contributed by atoms with Crippen LogP contribution in [0, 0.1) is 0 Å². The molecule has 1 unspecified atom stereocenters. The van der Waals surface area contributed by atoms with Gasteiger partial charge < -0.3 is 14.6 Å². The first kappa shape index (κ1) is 15.5. The fraction of sp³-hybridized carbons (Fsp3) is 0.412. The zero-order chi connectivity index (χ0) is 16.8. The number of aromatic nitrogens is 1. The molecule has 1 aliphatic heterocycles. The first-order chi connectivity index (χ1) is 10.8. The minimum Gasteiger partial charge on any atom is -0.508 e. The molecule has 0 saturated carbocycles. The van der Waals surface area contributed by atoms with Crippen molar-refractivity contribution in [3.63, 3.8) is 0 Å². The van der Waals surface area contributed by atoms with Gasteiger partial charge in [-0.15, -0.1) is 0 Å². The van der Waals surface area contributed by atoms with E-state index in [0.29, 0.717) is 29.4 Å². The molecule has 6 heteroatoms. The summed E-state index contributed by atoms with van der Waals surface area (Å²) < 4.78 is 15.5. The van der Waals surface area contributed by atoms with E-state index in [1.54, 1.807) is 16.8 Å². The summed E-state index contributed by atoms with van der Waals surface area (Å²) in [6, 6.07) is 4.70. The highest BCUT2D eigenvalue weighted by molar-refractivity contribution is 6.07. The number of ketones is 1. The molecule has 23 heavy (non-hydrogen) atoms. The highest BCUT2D eigenvalue weighted by Crippen LogP contribution is 2.27. The van der Waals surface area contributed by atoms with Crippen molar-refractivity contribution in [2.45, 2.75) is 32.5 Å². The van der Waals surface area contributed by atoms with Gasteiger partial charge in [-0.2, -0.15) is 0 Å². The summed E-state index contributed by atoms with van der Waals surface area (Å²) in [5, 5.41) is 10.4. The quantitative estimate of drug-likeness (QED) is 0.885. The van der Waals surface area contributed by atoms with E-state index in [9.17, 15) is 19.1 Å². The lowest BCUT2D eigenvalue weighted by atomic mass is 10.1. The van der Waals surface area contributed by atoms with Gasteiger partial charge in [0.05, 0.1) is 12.1 Å². The fourth-order valence-electron chi connectivity index (χ4n) is 3.07.